The Labute approximate surface area is 335 Å². The topological polar surface area (TPSA) is 96.4 Å². The molecule has 57 heavy (non-hydrogen) atoms. The van der Waals surface area contributed by atoms with Crippen LogP contribution in [0.25, 0.3) is 0 Å². The Balaban J connectivity index is 0.710. The smallest absolute Gasteiger partial charge is 0.255 e. The number of nitrogens with one attached hydrogen (secondary N) is 1. The first-order valence-electron chi connectivity index (χ1n) is 21.3. The van der Waals surface area contributed by atoms with Crippen molar-refractivity contribution in [2.45, 2.75) is 94.9 Å². The van der Waals surface area contributed by atoms with E-state index >= 15 is 0 Å². The highest BCUT2D eigenvalue weighted by Crippen LogP contribution is 2.47. The van der Waals surface area contributed by atoms with Gasteiger partial charge in [-0.25, -0.2) is 0 Å². The number of anilines is 1. The lowest BCUT2D eigenvalue weighted by Crippen LogP contribution is -2.52. The van der Waals surface area contributed by atoms with Gasteiger partial charge in [-0.3, -0.25) is 24.6 Å². The molecule has 0 radical (unpaired) electrons. The number of phenolic OH excluding ortho intramolecular Hbond substituents is 1. The maximum atomic E-state index is 13.4. The van der Waals surface area contributed by atoms with E-state index in [1.165, 1.54) is 71.3 Å². The van der Waals surface area contributed by atoms with Crippen LogP contribution in [0, 0.1) is 5.92 Å². The molecule has 2 N–H and O–H groups in total. The average molecular weight is 764 g/mol. The summed E-state index contributed by atoms with van der Waals surface area (Å²) in [4.78, 5) is 47.1. The number of aromatic hydroxyl groups is 1. The van der Waals surface area contributed by atoms with E-state index < -0.39 is 6.04 Å². The van der Waals surface area contributed by atoms with Gasteiger partial charge in [0.2, 0.25) is 11.8 Å². The number of amides is 3. The van der Waals surface area contributed by atoms with Gasteiger partial charge in [0.15, 0.2) is 0 Å². The first-order chi connectivity index (χ1) is 27.8. The fourth-order valence-electron chi connectivity index (χ4n) is 11.1. The number of benzene rings is 4. The molecule has 10 rings (SSSR count). The van der Waals surface area contributed by atoms with E-state index in [4.69, 9.17) is 0 Å². The Kier molecular flexibility index (Phi) is 9.61. The zero-order chi connectivity index (χ0) is 38.6. The van der Waals surface area contributed by atoms with E-state index in [1.807, 2.05) is 12.1 Å². The number of carbonyl (C=O) groups is 3. The molecule has 6 aliphatic rings. The summed E-state index contributed by atoms with van der Waals surface area (Å²) in [5.41, 5.74) is 11.0. The molecule has 9 nitrogen and oxygen atoms in total. The van der Waals surface area contributed by atoms with E-state index in [1.54, 1.807) is 4.90 Å². The number of aryl methyl sites for hydroxylation is 1. The van der Waals surface area contributed by atoms with Gasteiger partial charge in [-0.1, -0.05) is 54.6 Å². The van der Waals surface area contributed by atoms with Gasteiger partial charge in [0, 0.05) is 68.9 Å². The Bertz CT molecular complexity index is 2170. The van der Waals surface area contributed by atoms with E-state index in [9.17, 15) is 19.5 Å². The predicted molar refractivity (Wildman–Crippen MR) is 220 cm³/mol. The zero-order valence-corrected chi connectivity index (χ0v) is 32.7. The largest absolute Gasteiger partial charge is 0.508 e. The SMILES string of the molecule is O=C1CCC(N2Cc3cc4c(cc3C2=O)CN(C2CCN(CC3CCN(c5ccc([C@@H]6c7ccc(O)cc7CC[C@@H]6c6ccccc6)cc5)CC3)CC2)C4)C(=O)N1. The predicted octanol–water partition coefficient (Wildman–Crippen LogP) is 6.71. The van der Waals surface area contributed by atoms with Gasteiger partial charge in [-0.15, -0.1) is 0 Å². The fourth-order valence-corrected chi connectivity index (χ4v) is 11.1. The highest BCUT2D eigenvalue weighted by molar-refractivity contribution is 6.05. The van der Waals surface area contributed by atoms with Crippen LogP contribution >= 0.6 is 0 Å². The van der Waals surface area contributed by atoms with Crippen molar-refractivity contribution in [3.8, 4) is 5.75 Å². The van der Waals surface area contributed by atoms with Crippen LogP contribution in [0.15, 0.2) is 84.9 Å². The lowest BCUT2D eigenvalue weighted by Gasteiger charge is -2.40. The summed E-state index contributed by atoms with van der Waals surface area (Å²) in [6.45, 7) is 7.92. The standard InChI is InChI=1S/C48H53N5O4/c54-40-11-13-42-34(25-40)8-12-41(32-4-2-1-3-5-32)46(42)33-6-9-38(10-7-33)51-22-16-31(17-23-51)27-50-20-18-39(19-21-50)52-28-35-24-37-30-53(44-14-15-45(55)49-47(44)56)48(57)43(37)26-36(35)29-52/h1-7,9-11,13,24-26,31,39,41,44,46,54H,8,12,14-23,27-30H2,(H,49,55,56)/t41-,44?,46+/m1/s1. The first kappa shape index (κ1) is 36.4. The molecule has 3 fully saturated rings. The number of hydrogen-bond acceptors (Lipinski definition) is 7. The molecule has 0 spiro atoms. The van der Waals surface area contributed by atoms with E-state index in [2.05, 4.69) is 92.8 Å². The number of hydrogen-bond donors (Lipinski definition) is 2. The molecule has 5 aliphatic heterocycles. The summed E-state index contributed by atoms with van der Waals surface area (Å²) in [6, 6.07) is 30.6. The number of carbonyl (C=O) groups excluding carboxylic acids is 3. The van der Waals surface area contributed by atoms with Crippen molar-refractivity contribution < 1.29 is 19.5 Å². The molecule has 1 aliphatic carbocycles. The van der Waals surface area contributed by atoms with Crippen LogP contribution in [-0.4, -0.2) is 82.3 Å². The summed E-state index contributed by atoms with van der Waals surface area (Å²) >= 11 is 0. The molecule has 3 amide bonds. The molecule has 9 heteroatoms. The second-order valence-electron chi connectivity index (χ2n) is 17.6. The number of rotatable bonds is 7. The van der Waals surface area contributed by atoms with Gasteiger partial charge in [-0.2, -0.15) is 0 Å². The summed E-state index contributed by atoms with van der Waals surface area (Å²) in [5.74, 6) is 1.08. The third kappa shape index (κ3) is 7.03. The Morgan fingerprint density at radius 1 is 0.667 bits per heavy atom. The van der Waals surface area contributed by atoms with E-state index in [0.29, 0.717) is 30.7 Å². The lowest BCUT2D eigenvalue weighted by molar-refractivity contribution is -0.136. The second kappa shape index (κ2) is 15.1. The minimum Gasteiger partial charge on any atom is -0.508 e. The van der Waals surface area contributed by atoms with Gasteiger partial charge in [0.1, 0.15) is 11.8 Å². The summed E-state index contributed by atoms with van der Waals surface area (Å²) in [6.07, 6.45) is 7.54. The summed E-state index contributed by atoms with van der Waals surface area (Å²) in [5, 5.41) is 12.6. The van der Waals surface area contributed by atoms with E-state index in [0.717, 1.165) is 69.2 Å². The van der Waals surface area contributed by atoms with Crippen LogP contribution in [0.1, 0.15) is 106 Å². The van der Waals surface area contributed by atoms with Crippen molar-refractivity contribution in [3.05, 3.63) is 129 Å². The molecule has 0 bridgehead atoms. The molecule has 3 atom stereocenters. The van der Waals surface area contributed by atoms with Crippen LogP contribution in [-0.2, 0) is 35.6 Å². The molecule has 5 heterocycles. The maximum Gasteiger partial charge on any atom is 0.255 e. The first-order valence-corrected chi connectivity index (χ1v) is 21.3. The number of phenols is 1. The van der Waals surface area contributed by atoms with Crippen LogP contribution in [0.5, 0.6) is 5.75 Å². The molecular weight excluding hydrogens is 711 g/mol. The van der Waals surface area contributed by atoms with Crippen molar-refractivity contribution in [1.82, 2.24) is 20.0 Å². The molecule has 1 unspecified atom stereocenters. The molecule has 0 saturated carbocycles. The number of piperidine rings is 3. The second-order valence-corrected chi connectivity index (χ2v) is 17.6. The number of nitrogens with zero attached hydrogens (tertiary/aromatic N) is 4. The molecule has 4 aromatic carbocycles. The summed E-state index contributed by atoms with van der Waals surface area (Å²) in [7, 11) is 0. The Morgan fingerprint density at radius 2 is 1.42 bits per heavy atom. The van der Waals surface area contributed by atoms with Crippen LogP contribution in [0.2, 0.25) is 0 Å². The summed E-state index contributed by atoms with van der Waals surface area (Å²) < 4.78 is 0. The third-order valence-electron chi connectivity index (χ3n) is 14.2. The Hall–Kier alpha value is -4.99. The monoisotopic (exact) mass is 763 g/mol. The van der Waals surface area contributed by atoms with Crippen LogP contribution < -0.4 is 10.2 Å². The molecular formula is C48H53N5O4. The van der Waals surface area contributed by atoms with Gasteiger partial charge in [0.05, 0.1) is 0 Å². The molecule has 0 aromatic heterocycles. The van der Waals surface area contributed by atoms with E-state index in [-0.39, 0.29) is 30.1 Å². The van der Waals surface area contributed by atoms with Crippen molar-refractivity contribution >= 4 is 23.4 Å². The molecule has 4 aromatic rings. The van der Waals surface area contributed by atoms with Crippen LogP contribution in [0.4, 0.5) is 5.69 Å². The Morgan fingerprint density at radius 3 is 2.18 bits per heavy atom. The van der Waals surface area contributed by atoms with Gasteiger partial charge < -0.3 is 19.8 Å². The normalized spacial score (nSPS) is 24.7. The third-order valence-corrected chi connectivity index (χ3v) is 14.2. The number of imide groups is 1. The van der Waals surface area contributed by atoms with Crippen molar-refractivity contribution in [2.24, 2.45) is 5.92 Å². The van der Waals surface area contributed by atoms with Crippen molar-refractivity contribution in [3.63, 3.8) is 0 Å². The van der Waals surface area contributed by atoms with Gasteiger partial charge in [-0.05, 0) is 139 Å². The minimum atomic E-state index is -0.567. The molecule has 3 saturated heterocycles. The average Bonchev–Trinajstić information content (AvgIpc) is 3.80. The zero-order valence-electron chi connectivity index (χ0n) is 32.7. The van der Waals surface area contributed by atoms with Crippen molar-refractivity contribution in [1.29, 1.82) is 0 Å². The number of fused-ring (bicyclic) bond motifs is 3. The maximum absolute atomic E-state index is 13.4. The van der Waals surface area contributed by atoms with Gasteiger partial charge in [0.25, 0.3) is 5.91 Å². The highest BCUT2D eigenvalue weighted by Gasteiger charge is 2.41. The lowest BCUT2D eigenvalue weighted by atomic mass is 9.69. The van der Waals surface area contributed by atoms with Crippen LogP contribution in [0.3, 0.4) is 0 Å². The molecule has 294 valence electrons. The highest BCUT2D eigenvalue weighted by atomic mass is 16.3. The number of likely N-dealkylation sites (tertiary alicyclic amines) is 1. The quantitative estimate of drug-likeness (QED) is 0.202. The van der Waals surface area contributed by atoms with Gasteiger partial charge >= 0.3 is 0 Å². The minimum absolute atomic E-state index is 0.0840. The van der Waals surface area contributed by atoms with Crippen molar-refractivity contribution in [2.75, 3.05) is 37.6 Å². The fraction of sp³-hybridized carbons (Fsp3) is 0.438.